The van der Waals surface area contributed by atoms with Crippen molar-refractivity contribution in [1.29, 1.82) is 0 Å². The molecular weight excluding hydrogens is 198 g/mol. The summed E-state index contributed by atoms with van der Waals surface area (Å²) in [6.45, 7) is 0.874. The van der Waals surface area contributed by atoms with Crippen LogP contribution in [0.15, 0.2) is 24.3 Å². The number of hydrogen-bond acceptors (Lipinski definition) is 2. The van der Waals surface area contributed by atoms with Crippen LogP contribution in [0.2, 0.25) is 0 Å². The van der Waals surface area contributed by atoms with Gasteiger partial charge in [0.1, 0.15) is 5.75 Å². The largest absolute Gasteiger partial charge is 0.491 e. The minimum atomic E-state index is 0.763. The molecule has 0 radical (unpaired) electrons. The van der Waals surface area contributed by atoms with Crippen LogP contribution >= 0.6 is 0 Å². The number of anilines is 1. The molecule has 1 saturated carbocycles. The van der Waals surface area contributed by atoms with Crippen molar-refractivity contribution in [1.82, 2.24) is 0 Å². The van der Waals surface area contributed by atoms with Gasteiger partial charge < -0.3 is 10.1 Å². The molecule has 1 fully saturated rings. The molecular formula is C14H21NO. The SMILES string of the molecule is CNc1ccccc1OCC1CCCCC1. The predicted molar refractivity (Wildman–Crippen MR) is 68.1 cm³/mol. The van der Waals surface area contributed by atoms with Crippen LogP contribution in [0.25, 0.3) is 0 Å². The summed E-state index contributed by atoms with van der Waals surface area (Å²) in [7, 11) is 1.93. The van der Waals surface area contributed by atoms with Crippen molar-refractivity contribution in [3.05, 3.63) is 24.3 Å². The number of rotatable bonds is 4. The molecule has 16 heavy (non-hydrogen) atoms. The molecule has 2 heteroatoms. The number of ether oxygens (including phenoxy) is 1. The first-order valence-corrected chi connectivity index (χ1v) is 6.29. The Bertz CT molecular complexity index is 318. The van der Waals surface area contributed by atoms with Crippen LogP contribution in [0.3, 0.4) is 0 Å². The Hall–Kier alpha value is -1.18. The third-order valence-corrected chi connectivity index (χ3v) is 3.36. The van der Waals surface area contributed by atoms with Crippen LogP contribution < -0.4 is 10.1 Å². The fraction of sp³-hybridized carbons (Fsp3) is 0.571. The highest BCUT2D eigenvalue weighted by atomic mass is 16.5. The Morgan fingerprint density at radius 3 is 2.69 bits per heavy atom. The van der Waals surface area contributed by atoms with E-state index in [0.29, 0.717) is 0 Å². The van der Waals surface area contributed by atoms with E-state index in [2.05, 4.69) is 11.4 Å². The molecule has 1 aliphatic carbocycles. The lowest BCUT2D eigenvalue weighted by atomic mass is 9.90. The Labute approximate surface area is 98.0 Å². The zero-order valence-corrected chi connectivity index (χ0v) is 10.0. The molecule has 0 saturated heterocycles. The zero-order valence-electron chi connectivity index (χ0n) is 10.0. The molecule has 2 rings (SSSR count). The van der Waals surface area contributed by atoms with Gasteiger partial charge in [-0.25, -0.2) is 0 Å². The fourth-order valence-corrected chi connectivity index (χ4v) is 2.36. The summed E-state index contributed by atoms with van der Waals surface area (Å²) >= 11 is 0. The molecule has 1 aromatic carbocycles. The predicted octanol–water partition coefficient (Wildman–Crippen LogP) is 3.69. The van der Waals surface area contributed by atoms with Crippen molar-refractivity contribution in [2.75, 3.05) is 19.0 Å². The van der Waals surface area contributed by atoms with Gasteiger partial charge in [0, 0.05) is 7.05 Å². The quantitative estimate of drug-likeness (QED) is 0.834. The minimum Gasteiger partial charge on any atom is -0.491 e. The molecule has 88 valence electrons. The second kappa shape index (κ2) is 5.78. The topological polar surface area (TPSA) is 21.3 Å². The average molecular weight is 219 g/mol. The summed E-state index contributed by atoms with van der Waals surface area (Å²) in [6.07, 6.45) is 6.83. The number of nitrogens with one attached hydrogen (secondary N) is 1. The Morgan fingerprint density at radius 1 is 1.19 bits per heavy atom. The van der Waals surface area contributed by atoms with Crippen molar-refractivity contribution in [3.8, 4) is 5.75 Å². The van der Waals surface area contributed by atoms with E-state index in [1.165, 1.54) is 32.1 Å². The van der Waals surface area contributed by atoms with Crippen LogP contribution in [0.1, 0.15) is 32.1 Å². The summed E-state index contributed by atoms with van der Waals surface area (Å²) in [5.41, 5.74) is 1.08. The van der Waals surface area contributed by atoms with E-state index in [-0.39, 0.29) is 0 Å². The molecule has 0 aromatic heterocycles. The van der Waals surface area contributed by atoms with E-state index in [1.807, 2.05) is 25.2 Å². The summed E-state index contributed by atoms with van der Waals surface area (Å²) in [5, 5.41) is 3.16. The second-order valence-electron chi connectivity index (χ2n) is 4.56. The molecule has 0 spiro atoms. The van der Waals surface area contributed by atoms with Crippen LogP contribution in [-0.4, -0.2) is 13.7 Å². The minimum absolute atomic E-state index is 0.763. The van der Waals surface area contributed by atoms with Gasteiger partial charge in [0.15, 0.2) is 0 Å². The van der Waals surface area contributed by atoms with Crippen molar-refractivity contribution in [2.24, 2.45) is 5.92 Å². The van der Waals surface area contributed by atoms with Gasteiger partial charge in [0.25, 0.3) is 0 Å². The number of benzene rings is 1. The van der Waals surface area contributed by atoms with Crippen molar-refractivity contribution in [3.63, 3.8) is 0 Å². The monoisotopic (exact) mass is 219 g/mol. The molecule has 0 unspecified atom stereocenters. The standard InChI is InChI=1S/C14H21NO/c1-15-13-9-5-6-10-14(13)16-11-12-7-3-2-4-8-12/h5-6,9-10,12,15H,2-4,7-8,11H2,1H3. The third-order valence-electron chi connectivity index (χ3n) is 3.36. The van der Waals surface area contributed by atoms with E-state index >= 15 is 0 Å². The second-order valence-corrected chi connectivity index (χ2v) is 4.56. The molecule has 2 nitrogen and oxygen atoms in total. The molecule has 0 bridgehead atoms. The molecule has 1 aliphatic rings. The first kappa shape index (κ1) is 11.3. The summed E-state index contributed by atoms with van der Waals surface area (Å²) in [4.78, 5) is 0. The average Bonchev–Trinajstić information content (AvgIpc) is 2.38. The zero-order chi connectivity index (χ0) is 11.2. The Kier molecular flexibility index (Phi) is 4.09. The molecule has 0 heterocycles. The number of hydrogen-bond donors (Lipinski definition) is 1. The highest BCUT2D eigenvalue weighted by Gasteiger charge is 2.14. The van der Waals surface area contributed by atoms with Gasteiger partial charge in [0.05, 0.1) is 12.3 Å². The lowest BCUT2D eigenvalue weighted by molar-refractivity contribution is 0.209. The maximum atomic E-state index is 5.90. The normalized spacial score (nSPS) is 17.1. The molecule has 0 atom stereocenters. The van der Waals surface area contributed by atoms with Gasteiger partial charge in [0.2, 0.25) is 0 Å². The lowest BCUT2D eigenvalue weighted by Gasteiger charge is -2.22. The summed E-state index contributed by atoms with van der Waals surface area (Å²) in [6, 6.07) is 8.14. The van der Waals surface area contributed by atoms with Gasteiger partial charge >= 0.3 is 0 Å². The van der Waals surface area contributed by atoms with Crippen LogP contribution in [-0.2, 0) is 0 Å². The molecule has 0 amide bonds. The maximum Gasteiger partial charge on any atom is 0.142 e. The van der Waals surface area contributed by atoms with Gasteiger partial charge in [-0.05, 0) is 30.9 Å². The van der Waals surface area contributed by atoms with Crippen LogP contribution in [0.5, 0.6) is 5.75 Å². The third kappa shape index (κ3) is 2.91. The van der Waals surface area contributed by atoms with Gasteiger partial charge in [-0.1, -0.05) is 31.4 Å². The number of para-hydroxylation sites is 2. The highest BCUT2D eigenvalue weighted by molar-refractivity contribution is 5.55. The van der Waals surface area contributed by atoms with E-state index in [1.54, 1.807) is 0 Å². The van der Waals surface area contributed by atoms with Crippen molar-refractivity contribution in [2.45, 2.75) is 32.1 Å². The first-order valence-electron chi connectivity index (χ1n) is 6.29. The summed E-state index contributed by atoms with van der Waals surface area (Å²) < 4.78 is 5.90. The van der Waals surface area contributed by atoms with Gasteiger partial charge in [-0.2, -0.15) is 0 Å². The Balaban J connectivity index is 1.88. The van der Waals surface area contributed by atoms with E-state index in [4.69, 9.17) is 4.74 Å². The van der Waals surface area contributed by atoms with E-state index < -0.39 is 0 Å². The molecule has 1 aromatic rings. The first-order chi connectivity index (χ1) is 7.90. The smallest absolute Gasteiger partial charge is 0.142 e. The van der Waals surface area contributed by atoms with Crippen LogP contribution in [0.4, 0.5) is 5.69 Å². The lowest BCUT2D eigenvalue weighted by Crippen LogP contribution is -2.15. The van der Waals surface area contributed by atoms with Crippen molar-refractivity contribution >= 4 is 5.69 Å². The van der Waals surface area contributed by atoms with E-state index in [9.17, 15) is 0 Å². The van der Waals surface area contributed by atoms with E-state index in [0.717, 1.165) is 24.0 Å². The molecule has 1 N–H and O–H groups in total. The summed E-state index contributed by atoms with van der Waals surface area (Å²) in [5.74, 6) is 1.74. The fourth-order valence-electron chi connectivity index (χ4n) is 2.36. The Morgan fingerprint density at radius 2 is 1.94 bits per heavy atom. The van der Waals surface area contributed by atoms with Crippen LogP contribution in [0, 0.1) is 5.92 Å². The van der Waals surface area contributed by atoms with Crippen molar-refractivity contribution < 1.29 is 4.74 Å². The van der Waals surface area contributed by atoms with Gasteiger partial charge in [-0.15, -0.1) is 0 Å². The van der Waals surface area contributed by atoms with Gasteiger partial charge in [-0.3, -0.25) is 0 Å². The maximum absolute atomic E-state index is 5.90. The highest BCUT2D eigenvalue weighted by Crippen LogP contribution is 2.27. The molecule has 0 aliphatic heterocycles.